The predicted molar refractivity (Wildman–Crippen MR) is 63.4 cm³/mol. The predicted octanol–water partition coefficient (Wildman–Crippen LogP) is 1.34. The normalized spacial score (nSPS) is 20.3. The first kappa shape index (κ1) is 12.0. The standard InChI is InChI=1S/C11H14N2O.ClH/c1-13-10-5-3-2-4-8(10)6-7-9(12)11(13)14;/h2-5,9H,6-7,12H2,1H3;1H/t9-;/m0./s1. The second-order valence-electron chi connectivity index (χ2n) is 3.67. The van der Waals surface area contributed by atoms with E-state index >= 15 is 0 Å². The van der Waals surface area contributed by atoms with Gasteiger partial charge in [-0.1, -0.05) is 18.2 Å². The lowest BCUT2D eigenvalue weighted by molar-refractivity contribution is -0.119. The molecule has 2 rings (SSSR count). The summed E-state index contributed by atoms with van der Waals surface area (Å²) in [5.74, 6) is 0.00921. The zero-order valence-electron chi connectivity index (χ0n) is 8.64. The molecule has 0 saturated heterocycles. The van der Waals surface area contributed by atoms with Crippen LogP contribution >= 0.6 is 12.4 Å². The lowest BCUT2D eigenvalue weighted by atomic mass is 10.1. The number of rotatable bonds is 0. The molecule has 1 aliphatic heterocycles. The number of amides is 1. The van der Waals surface area contributed by atoms with Crippen molar-refractivity contribution in [3.8, 4) is 0 Å². The molecule has 4 heteroatoms. The van der Waals surface area contributed by atoms with E-state index in [9.17, 15) is 4.79 Å². The summed E-state index contributed by atoms with van der Waals surface area (Å²) in [4.78, 5) is 13.4. The highest BCUT2D eigenvalue weighted by atomic mass is 35.5. The summed E-state index contributed by atoms with van der Waals surface area (Å²) in [6, 6.07) is 7.60. The van der Waals surface area contributed by atoms with E-state index in [4.69, 9.17) is 5.73 Å². The van der Waals surface area contributed by atoms with Gasteiger partial charge < -0.3 is 10.6 Å². The van der Waals surface area contributed by atoms with Gasteiger partial charge >= 0.3 is 0 Å². The number of hydrogen-bond acceptors (Lipinski definition) is 2. The van der Waals surface area contributed by atoms with Gasteiger partial charge in [-0.05, 0) is 24.5 Å². The van der Waals surface area contributed by atoms with E-state index < -0.39 is 0 Å². The number of likely N-dealkylation sites (N-methyl/N-ethyl adjacent to an activating group) is 1. The van der Waals surface area contributed by atoms with E-state index in [1.165, 1.54) is 5.56 Å². The Morgan fingerprint density at radius 1 is 1.40 bits per heavy atom. The maximum atomic E-state index is 11.7. The Morgan fingerprint density at radius 3 is 2.80 bits per heavy atom. The van der Waals surface area contributed by atoms with Crippen LogP contribution in [0, 0.1) is 0 Å². The Morgan fingerprint density at radius 2 is 2.07 bits per heavy atom. The Kier molecular flexibility index (Phi) is 3.72. The number of aryl methyl sites for hydroxylation is 1. The highest BCUT2D eigenvalue weighted by molar-refractivity contribution is 5.97. The zero-order chi connectivity index (χ0) is 10.1. The summed E-state index contributed by atoms with van der Waals surface area (Å²) in [5, 5.41) is 0. The molecule has 0 bridgehead atoms. The van der Waals surface area contributed by atoms with Gasteiger partial charge in [0.1, 0.15) is 0 Å². The molecule has 1 atom stereocenters. The molecule has 2 N–H and O–H groups in total. The van der Waals surface area contributed by atoms with Crippen molar-refractivity contribution in [2.24, 2.45) is 5.73 Å². The average Bonchev–Trinajstić information content (AvgIpc) is 2.32. The molecule has 1 heterocycles. The van der Waals surface area contributed by atoms with Crippen LogP contribution in [0.3, 0.4) is 0 Å². The lowest BCUT2D eigenvalue weighted by Crippen LogP contribution is -2.40. The molecule has 0 fully saturated rings. The third-order valence-electron chi connectivity index (χ3n) is 2.73. The topological polar surface area (TPSA) is 46.3 Å². The molecule has 0 spiro atoms. The summed E-state index contributed by atoms with van der Waals surface area (Å²) in [5.41, 5.74) is 7.95. The molecular weight excluding hydrogens is 212 g/mol. The Bertz CT molecular complexity index is 367. The van der Waals surface area contributed by atoms with Crippen LogP contribution in [0.15, 0.2) is 24.3 Å². The van der Waals surface area contributed by atoms with Crippen LogP contribution in [0.4, 0.5) is 5.69 Å². The number of fused-ring (bicyclic) bond motifs is 1. The maximum absolute atomic E-state index is 11.7. The van der Waals surface area contributed by atoms with Crippen LogP contribution in [-0.2, 0) is 11.2 Å². The molecule has 1 aromatic carbocycles. The second-order valence-corrected chi connectivity index (χ2v) is 3.67. The first-order valence-electron chi connectivity index (χ1n) is 4.81. The molecule has 1 amide bonds. The number of carbonyl (C=O) groups is 1. The third kappa shape index (κ3) is 2.13. The number of benzene rings is 1. The van der Waals surface area contributed by atoms with E-state index in [-0.39, 0.29) is 24.4 Å². The third-order valence-corrected chi connectivity index (χ3v) is 2.73. The minimum absolute atomic E-state index is 0. The van der Waals surface area contributed by atoms with E-state index in [1.54, 1.807) is 11.9 Å². The van der Waals surface area contributed by atoms with Crippen LogP contribution in [-0.4, -0.2) is 19.0 Å². The van der Waals surface area contributed by atoms with Crippen molar-refractivity contribution in [1.29, 1.82) is 0 Å². The van der Waals surface area contributed by atoms with Crippen LogP contribution < -0.4 is 10.6 Å². The Labute approximate surface area is 95.7 Å². The Balaban J connectivity index is 0.00000112. The zero-order valence-corrected chi connectivity index (χ0v) is 9.46. The summed E-state index contributed by atoms with van der Waals surface area (Å²) in [6.45, 7) is 0. The second kappa shape index (κ2) is 4.64. The van der Waals surface area contributed by atoms with Crippen molar-refractivity contribution in [2.75, 3.05) is 11.9 Å². The van der Waals surface area contributed by atoms with E-state index in [0.717, 1.165) is 18.5 Å². The number of anilines is 1. The molecule has 0 aromatic heterocycles. The maximum Gasteiger partial charge on any atom is 0.243 e. The molecule has 1 aliphatic rings. The summed E-state index contributed by atoms with van der Waals surface area (Å²) < 4.78 is 0. The lowest BCUT2D eigenvalue weighted by Gasteiger charge is -2.18. The van der Waals surface area contributed by atoms with Gasteiger partial charge in [-0.2, -0.15) is 0 Å². The molecule has 82 valence electrons. The monoisotopic (exact) mass is 226 g/mol. The largest absolute Gasteiger partial charge is 0.320 e. The minimum atomic E-state index is -0.354. The van der Waals surface area contributed by atoms with Crippen molar-refractivity contribution in [1.82, 2.24) is 0 Å². The minimum Gasteiger partial charge on any atom is -0.320 e. The van der Waals surface area contributed by atoms with Crippen molar-refractivity contribution < 1.29 is 4.79 Å². The fraction of sp³-hybridized carbons (Fsp3) is 0.364. The fourth-order valence-corrected chi connectivity index (χ4v) is 1.85. The number of para-hydroxylation sites is 1. The number of halogens is 1. The first-order chi connectivity index (χ1) is 6.70. The van der Waals surface area contributed by atoms with Crippen molar-refractivity contribution in [3.63, 3.8) is 0 Å². The fourth-order valence-electron chi connectivity index (χ4n) is 1.85. The summed E-state index contributed by atoms with van der Waals surface area (Å²) in [7, 11) is 1.78. The molecule has 1 aromatic rings. The van der Waals surface area contributed by atoms with E-state index in [2.05, 4.69) is 6.07 Å². The van der Waals surface area contributed by atoms with Gasteiger partial charge in [-0.3, -0.25) is 4.79 Å². The van der Waals surface area contributed by atoms with E-state index in [0.29, 0.717) is 0 Å². The number of hydrogen-bond donors (Lipinski definition) is 1. The molecule has 0 saturated carbocycles. The quantitative estimate of drug-likeness (QED) is 0.726. The van der Waals surface area contributed by atoms with Crippen molar-refractivity contribution in [3.05, 3.63) is 29.8 Å². The molecule has 15 heavy (non-hydrogen) atoms. The number of nitrogens with two attached hydrogens (primary N) is 1. The highest BCUT2D eigenvalue weighted by Gasteiger charge is 2.24. The van der Waals surface area contributed by atoms with Gasteiger partial charge in [-0.15, -0.1) is 12.4 Å². The van der Waals surface area contributed by atoms with Crippen molar-refractivity contribution in [2.45, 2.75) is 18.9 Å². The van der Waals surface area contributed by atoms with Gasteiger partial charge in [0.2, 0.25) is 5.91 Å². The van der Waals surface area contributed by atoms with Gasteiger partial charge in [0.25, 0.3) is 0 Å². The number of nitrogens with zero attached hydrogens (tertiary/aromatic N) is 1. The molecule has 0 unspecified atom stereocenters. The van der Waals surface area contributed by atoms with E-state index in [1.807, 2.05) is 18.2 Å². The van der Waals surface area contributed by atoms with Crippen LogP contribution in [0.1, 0.15) is 12.0 Å². The van der Waals surface area contributed by atoms with Crippen molar-refractivity contribution >= 4 is 24.0 Å². The van der Waals surface area contributed by atoms with Crippen LogP contribution in [0.5, 0.6) is 0 Å². The van der Waals surface area contributed by atoms with Gasteiger partial charge in [-0.25, -0.2) is 0 Å². The molecule has 0 aliphatic carbocycles. The first-order valence-corrected chi connectivity index (χ1v) is 4.81. The molecular formula is C11H15ClN2O. The smallest absolute Gasteiger partial charge is 0.243 e. The number of carbonyl (C=O) groups excluding carboxylic acids is 1. The van der Waals surface area contributed by atoms with Gasteiger partial charge in [0.05, 0.1) is 6.04 Å². The summed E-state index contributed by atoms with van der Waals surface area (Å²) in [6.07, 6.45) is 1.62. The average molecular weight is 227 g/mol. The molecule has 3 nitrogen and oxygen atoms in total. The Hall–Kier alpha value is -1.06. The molecule has 0 radical (unpaired) electrons. The SMILES string of the molecule is CN1C(=O)[C@@H](N)CCc2ccccc21.Cl. The van der Waals surface area contributed by atoms with Gasteiger partial charge in [0, 0.05) is 12.7 Å². The van der Waals surface area contributed by atoms with Crippen LogP contribution in [0.25, 0.3) is 0 Å². The highest BCUT2D eigenvalue weighted by Crippen LogP contribution is 2.24. The van der Waals surface area contributed by atoms with Gasteiger partial charge in [0.15, 0.2) is 0 Å². The summed E-state index contributed by atoms with van der Waals surface area (Å²) >= 11 is 0. The van der Waals surface area contributed by atoms with Crippen LogP contribution in [0.2, 0.25) is 0 Å².